The Labute approximate surface area is 95.5 Å². The molecule has 2 rings (SSSR count). The van der Waals surface area contributed by atoms with Crippen molar-refractivity contribution in [1.82, 2.24) is 20.2 Å². The minimum Gasteiger partial charge on any atom is -0.385 e. The highest BCUT2D eigenvalue weighted by atomic mass is 35.5. The third kappa shape index (κ3) is 2.02. The Kier molecular flexibility index (Phi) is 2.84. The lowest BCUT2D eigenvalue weighted by Gasteiger charge is -2.00. The fourth-order valence-corrected chi connectivity index (χ4v) is 1.30. The van der Waals surface area contributed by atoms with Crippen molar-refractivity contribution in [3.05, 3.63) is 34.9 Å². The van der Waals surface area contributed by atoms with Gasteiger partial charge >= 0.3 is 0 Å². The van der Waals surface area contributed by atoms with Crippen molar-refractivity contribution in [3.8, 4) is 5.69 Å². The molecule has 0 saturated heterocycles. The summed E-state index contributed by atoms with van der Waals surface area (Å²) in [6, 6.07) is 4.01. The van der Waals surface area contributed by atoms with E-state index in [1.165, 1.54) is 25.1 Å². The van der Waals surface area contributed by atoms with E-state index in [0.29, 0.717) is 5.02 Å². The van der Waals surface area contributed by atoms with Gasteiger partial charge in [0, 0.05) is 5.02 Å². The van der Waals surface area contributed by atoms with Crippen LogP contribution in [0.3, 0.4) is 0 Å². The summed E-state index contributed by atoms with van der Waals surface area (Å²) in [5.74, 6) is -0.390. The molecule has 7 heteroatoms. The molecular formula is C9H8ClFN4O. The standard InChI is InChI=1S/C9H8ClFN4O/c1-5(16)9-12-14-15(13-9)8-4-6(10)2-3-7(8)11/h2-5,16H,1H3. The molecular weight excluding hydrogens is 235 g/mol. The molecule has 1 aromatic heterocycles. The highest BCUT2D eigenvalue weighted by Gasteiger charge is 2.12. The molecule has 0 aliphatic rings. The van der Waals surface area contributed by atoms with Crippen molar-refractivity contribution >= 4 is 11.6 Å². The number of rotatable bonds is 2. The SMILES string of the molecule is CC(O)c1nnn(-c2cc(Cl)ccc2F)n1. The summed E-state index contributed by atoms with van der Waals surface area (Å²) in [5, 5.41) is 20.6. The summed E-state index contributed by atoms with van der Waals surface area (Å²) in [7, 11) is 0. The van der Waals surface area contributed by atoms with Gasteiger partial charge in [0.05, 0.1) is 0 Å². The summed E-state index contributed by atoms with van der Waals surface area (Å²) in [4.78, 5) is 0.989. The van der Waals surface area contributed by atoms with E-state index in [0.717, 1.165) is 4.80 Å². The quantitative estimate of drug-likeness (QED) is 0.867. The van der Waals surface area contributed by atoms with Crippen LogP contribution in [-0.4, -0.2) is 25.3 Å². The van der Waals surface area contributed by atoms with Crippen LogP contribution in [0.25, 0.3) is 5.69 Å². The minimum absolute atomic E-state index is 0.0897. The number of hydrogen-bond donors (Lipinski definition) is 1. The molecule has 84 valence electrons. The Bertz CT molecular complexity index is 514. The first-order chi connectivity index (χ1) is 7.58. The predicted octanol–water partition coefficient (Wildman–Crippen LogP) is 1.51. The van der Waals surface area contributed by atoms with Gasteiger partial charge in [0.25, 0.3) is 0 Å². The van der Waals surface area contributed by atoms with Crippen LogP contribution in [0.5, 0.6) is 0 Å². The Morgan fingerprint density at radius 1 is 1.50 bits per heavy atom. The predicted molar refractivity (Wildman–Crippen MR) is 54.8 cm³/mol. The van der Waals surface area contributed by atoms with E-state index in [1.54, 1.807) is 0 Å². The number of aliphatic hydroxyl groups excluding tert-OH is 1. The summed E-state index contributed by atoms with van der Waals surface area (Å²) < 4.78 is 13.4. The molecule has 16 heavy (non-hydrogen) atoms. The molecule has 0 aliphatic heterocycles. The van der Waals surface area contributed by atoms with Crippen molar-refractivity contribution in [2.45, 2.75) is 13.0 Å². The van der Waals surface area contributed by atoms with Crippen molar-refractivity contribution in [2.24, 2.45) is 0 Å². The number of benzene rings is 1. The van der Waals surface area contributed by atoms with Crippen LogP contribution in [-0.2, 0) is 0 Å². The van der Waals surface area contributed by atoms with Crippen molar-refractivity contribution in [3.63, 3.8) is 0 Å². The lowest BCUT2D eigenvalue weighted by molar-refractivity contribution is 0.188. The second-order valence-corrected chi connectivity index (χ2v) is 3.65. The lowest BCUT2D eigenvalue weighted by atomic mass is 10.3. The van der Waals surface area contributed by atoms with E-state index < -0.39 is 11.9 Å². The van der Waals surface area contributed by atoms with Gasteiger partial charge in [0.15, 0.2) is 5.82 Å². The van der Waals surface area contributed by atoms with E-state index in [4.69, 9.17) is 11.6 Å². The van der Waals surface area contributed by atoms with Crippen LogP contribution < -0.4 is 0 Å². The van der Waals surface area contributed by atoms with Gasteiger partial charge in [-0.05, 0) is 30.3 Å². The van der Waals surface area contributed by atoms with Crippen molar-refractivity contribution in [2.75, 3.05) is 0 Å². The van der Waals surface area contributed by atoms with Gasteiger partial charge in [-0.25, -0.2) is 4.39 Å². The van der Waals surface area contributed by atoms with Crippen LogP contribution in [0.2, 0.25) is 5.02 Å². The summed E-state index contributed by atoms with van der Waals surface area (Å²) in [6.07, 6.45) is -0.851. The minimum atomic E-state index is -0.851. The third-order valence-corrected chi connectivity index (χ3v) is 2.16. The molecule has 0 aliphatic carbocycles. The van der Waals surface area contributed by atoms with Crippen molar-refractivity contribution in [1.29, 1.82) is 0 Å². The zero-order valence-electron chi connectivity index (χ0n) is 8.30. The van der Waals surface area contributed by atoms with E-state index in [9.17, 15) is 9.50 Å². The first-order valence-electron chi connectivity index (χ1n) is 4.51. The van der Waals surface area contributed by atoms with Gasteiger partial charge in [0.2, 0.25) is 5.82 Å². The largest absolute Gasteiger partial charge is 0.385 e. The molecule has 0 fully saturated rings. The Balaban J connectivity index is 2.46. The normalized spacial score (nSPS) is 12.8. The first-order valence-corrected chi connectivity index (χ1v) is 4.89. The number of nitrogens with zero attached hydrogens (tertiary/aromatic N) is 4. The maximum absolute atomic E-state index is 13.4. The van der Waals surface area contributed by atoms with Gasteiger partial charge in [-0.15, -0.1) is 15.0 Å². The van der Waals surface area contributed by atoms with E-state index in [2.05, 4.69) is 15.4 Å². The van der Waals surface area contributed by atoms with Crippen LogP contribution in [0.4, 0.5) is 4.39 Å². The summed E-state index contributed by atoms with van der Waals surface area (Å²) in [6.45, 7) is 1.50. The molecule has 1 N–H and O–H groups in total. The van der Waals surface area contributed by atoms with Crippen LogP contribution >= 0.6 is 11.6 Å². The number of aromatic nitrogens is 4. The Morgan fingerprint density at radius 2 is 2.25 bits per heavy atom. The van der Waals surface area contributed by atoms with Gasteiger partial charge in [-0.1, -0.05) is 11.6 Å². The average Bonchev–Trinajstić information content (AvgIpc) is 2.70. The molecule has 1 heterocycles. The van der Waals surface area contributed by atoms with E-state index in [1.807, 2.05) is 0 Å². The molecule has 1 unspecified atom stereocenters. The Morgan fingerprint density at radius 3 is 2.88 bits per heavy atom. The maximum atomic E-state index is 13.4. The highest BCUT2D eigenvalue weighted by Crippen LogP contribution is 2.17. The molecule has 1 aromatic carbocycles. The lowest BCUT2D eigenvalue weighted by Crippen LogP contribution is -2.03. The van der Waals surface area contributed by atoms with Gasteiger partial charge in [0.1, 0.15) is 11.8 Å². The van der Waals surface area contributed by atoms with E-state index >= 15 is 0 Å². The number of aliphatic hydroxyl groups is 1. The molecule has 5 nitrogen and oxygen atoms in total. The molecule has 0 saturated carbocycles. The monoisotopic (exact) mass is 242 g/mol. The molecule has 0 spiro atoms. The smallest absolute Gasteiger partial charge is 0.203 e. The number of halogens is 2. The summed E-state index contributed by atoms with van der Waals surface area (Å²) in [5.41, 5.74) is 0.0897. The zero-order valence-corrected chi connectivity index (χ0v) is 9.06. The molecule has 1 atom stereocenters. The van der Waals surface area contributed by atoms with E-state index in [-0.39, 0.29) is 11.5 Å². The second kappa shape index (κ2) is 4.15. The fraction of sp³-hybridized carbons (Fsp3) is 0.222. The topological polar surface area (TPSA) is 63.8 Å². The fourth-order valence-electron chi connectivity index (χ4n) is 1.13. The number of tetrazole rings is 1. The third-order valence-electron chi connectivity index (χ3n) is 1.93. The maximum Gasteiger partial charge on any atom is 0.203 e. The first kappa shape index (κ1) is 11.0. The van der Waals surface area contributed by atoms with Crippen LogP contribution in [0.15, 0.2) is 18.2 Å². The van der Waals surface area contributed by atoms with Gasteiger partial charge in [-0.2, -0.15) is 0 Å². The van der Waals surface area contributed by atoms with Gasteiger partial charge < -0.3 is 5.11 Å². The zero-order chi connectivity index (χ0) is 11.7. The van der Waals surface area contributed by atoms with Gasteiger partial charge in [-0.3, -0.25) is 0 Å². The molecule has 0 amide bonds. The molecule has 2 aromatic rings. The summed E-state index contributed by atoms with van der Waals surface area (Å²) >= 11 is 5.73. The van der Waals surface area contributed by atoms with Crippen LogP contribution in [0, 0.1) is 5.82 Å². The molecule has 0 bridgehead atoms. The Hall–Kier alpha value is -1.53. The number of hydrogen-bond acceptors (Lipinski definition) is 4. The van der Waals surface area contributed by atoms with Crippen molar-refractivity contribution < 1.29 is 9.50 Å². The highest BCUT2D eigenvalue weighted by molar-refractivity contribution is 6.30. The van der Waals surface area contributed by atoms with Crippen LogP contribution in [0.1, 0.15) is 18.9 Å². The average molecular weight is 243 g/mol. The second-order valence-electron chi connectivity index (χ2n) is 3.21. The molecule has 0 radical (unpaired) electrons.